The molecule has 5 heteroatoms. The number of aromatic nitrogens is 1. The summed E-state index contributed by atoms with van der Waals surface area (Å²) < 4.78 is 25.3. The van der Waals surface area contributed by atoms with Crippen LogP contribution in [-0.2, 0) is 19.4 Å². The number of ether oxygens (including phenoxy) is 2. The van der Waals surface area contributed by atoms with Crippen molar-refractivity contribution in [3.8, 4) is 22.8 Å². The highest BCUT2D eigenvalue weighted by atomic mass is 35.5. The van der Waals surface area contributed by atoms with Crippen molar-refractivity contribution in [1.29, 1.82) is 0 Å². The quantitative estimate of drug-likeness (QED) is 0.412. The van der Waals surface area contributed by atoms with Gasteiger partial charge in [-0.3, -0.25) is 4.98 Å². The molecule has 3 aromatic rings. The van der Waals surface area contributed by atoms with Crippen molar-refractivity contribution in [2.45, 2.75) is 47.1 Å². The highest BCUT2D eigenvalue weighted by molar-refractivity contribution is 6.30. The van der Waals surface area contributed by atoms with Crippen LogP contribution in [0.5, 0.6) is 11.5 Å². The van der Waals surface area contributed by atoms with E-state index in [0.29, 0.717) is 5.75 Å². The lowest BCUT2D eigenvalue weighted by Crippen LogP contribution is -2.08. The number of hydrogen-bond acceptors (Lipinski definition) is 3. The number of halogens is 2. The second-order valence-corrected chi connectivity index (χ2v) is 7.61. The van der Waals surface area contributed by atoms with E-state index >= 15 is 0 Å². The topological polar surface area (TPSA) is 31.4 Å². The third-order valence-electron chi connectivity index (χ3n) is 5.40. The molecule has 0 fully saturated rings. The van der Waals surface area contributed by atoms with Crippen molar-refractivity contribution in [2.24, 2.45) is 0 Å². The number of rotatable bonds is 7. The maximum Gasteiger partial charge on any atom is 0.145 e. The third-order valence-corrected chi connectivity index (χ3v) is 5.71. The van der Waals surface area contributed by atoms with Gasteiger partial charge < -0.3 is 9.47 Å². The number of aryl methyl sites for hydroxylation is 3. The second kappa shape index (κ2) is 9.48. The van der Waals surface area contributed by atoms with E-state index in [1.807, 2.05) is 13.8 Å². The van der Waals surface area contributed by atoms with Crippen molar-refractivity contribution in [1.82, 2.24) is 4.98 Å². The number of benzene rings is 2. The molecule has 30 heavy (non-hydrogen) atoms. The van der Waals surface area contributed by atoms with Crippen molar-refractivity contribution in [3.05, 3.63) is 75.2 Å². The van der Waals surface area contributed by atoms with Crippen molar-refractivity contribution in [2.75, 3.05) is 7.11 Å². The molecule has 0 aliphatic heterocycles. The third kappa shape index (κ3) is 4.29. The molecule has 0 saturated heterocycles. The van der Waals surface area contributed by atoms with Gasteiger partial charge in [0.1, 0.15) is 23.9 Å². The predicted molar refractivity (Wildman–Crippen MR) is 120 cm³/mol. The molecular formula is C25H27ClFNO2. The summed E-state index contributed by atoms with van der Waals surface area (Å²) in [6.07, 6.45) is 1.86. The first kappa shape index (κ1) is 22.1. The Balaban J connectivity index is 2.05. The van der Waals surface area contributed by atoms with Crippen molar-refractivity contribution >= 4 is 11.6 Å². The molecule has 3 nitrogen and oxygen atoms in total. The number of methoxy groups -OCH3 is 1. The highest BCUT2D eigenvalue weighted by Crippen LogP contribution is 2.37. The summed E-state index contributed by atoms with van der Waals surface area (Å²) in [7, 11) is 1.66. The summed E-state index contributed by atoms with van der Waals surface area (Å²) in [4.78, 5) is 4.96. The van der Waals surface area contributed by atoms with Crippen molar-refractivity contribution in [3.63, 3.8) is 0 Å². The molecule has 0 N–H and O–H groups in total. The van der Waals surface area contributed by atoms with E-state index in [0.717, 1.165) is 41.1 Å². The summed E-state index contributed by atoms with van der Waals surface area (Å²) in [5.41, 5.74) is 7.32. The first-order chi connectivity index (χ1) is 14.4. The Morgan fingerprint density at radius 2 is 1.70 bits per heavy atom. The van der Waals surface area contributed by atoms with Gasteiger partial charge in [-0.2, -0.15) is 0 Å². The van der Waals surface area contributed by atoms with E-state index in [2.05, 4.69) is 32.0 Å². The molecule has 0 radical (unpaired) electrons. The lowest BCUT2D eigenvalue weighted by molar-refractivity contribution is 0.293. The Labute approximate surface area is 182 Å². The van der Waals surface area contributed by atoms with E-state index in [9.17, 15) is 4.39 Å². The van der Waals surface area contributed by atoms with Gasteiger partial charge in [-0.05, 0) is 49.9 Å². The Morgan fingerprint density at radius 1 is 1.03 bits per heavy atom. The van der Waals surface area contributed by atoms with Crippen LogP contribution >= 0.6 is 11.6 Å². The number of nitrogens with zero attached hydrogens (tertiary/aromatic N) is 1. The monoisotopic (exact) mass is 427 g/mol. The van der Waals surface area contributed by atoms with Gasteiger partial charge in [-0.1, -0.05) is 43.6 Å². The van der Waals surface area contributed by atoms with Crippen LogP contribution in [0.4, 0.5) is 4.39 Å². The number of hydrogen-bond donors (Lipinski definition) is 0. The van der Waals surface area contributed by atoms with Gasteiger partial charge in [0.2, 0.25) is 0 Å². The fraction of sp³-hybridized carbons (Fsp3) is 0.320. The molecule has 1 heterocycles. The zero-order chi connectivity index (χ0) is 21.8. The van der Waals surface area contributed by atoms with Crippen LogP contribution in [0.2, 0.25) is 5.02 Å². The minimum absolute atomic E-state index is 0.0688. The lowest BCUT2D eigenvalue weighted by atomic mass is 9.91. The van der Waals surface area contributed by atoms with Crippen LogP contribution < -0.4 is 9.47 Å². The van der Waals surface area contributed by atoms with E-state index < -0.39 is 5.82 Å². The van der Waals surface area contributed by atoms with Gasteiger partial charge in [0, 0.05) is 22.9 Å². The first-order valence-corrected chi connectivity index (χ1v) is 10.5. The summed E-state index contributed by atoms with van der Waals surface area (Å²) >= 11 is 5.76. The van der Waals surface area contributed by atoms with Crippen LogP contribution in [-0.4, -0.2) is 12.1 Å². The average Bonchev–Trinajstić information content (AvgIpc) is 2.75. The van der Waals surface area contributed by atoms with Crippen LogP contribution in [0, 0.1) is 19.7 Å². The molecule has 0 bridgehead atoms. The molecule has 0 saturated carbocycles. The Bertz CT molecular complexity index is 1040. The average molecular weight is 428 g/mol. The molecule has 0 aliphatic rings. The zero-order valence-corrected chi connectivity index (χ0v) is 18.9. The van der Waals surface area contributed by atoms with Crippen LogP contribution in [0.15, 0.2) is 36.4 Å². The van der Waals surface area contributed by atoms with Crippen LogP contribution in [0.3, 0.4) is 0 Å². The maximum absolute atomic E-state index is 13.7. The Kier molecular flexibility index (Phi) is 6.99. The van der Waals surface area contributed by atoms with Gasteiger partial charge in [-0.15, -0.1) is 0 Å². The molecule has 158 valence electrons. The summed E-state index contributed by atoms with van der Waals surface area (Å²) in [6, 6.07) is 10.8. The second-order valence-electron chi connectivity index (χ2n) is 7.21. The Hall–Kier alpha value is -2.59. The standard InChI is InChI=1S/C25H27ClFNO2/c1-6-17-9-8-10-18(7-2)23(17)24-15(3)25(29-5)20(16(4)28-24)14-30-19-11-12-21(26)22(27)13-19/h8-13H,6-7,14H2,1-5H3. The molecule has 0 spiro atoms. The van der Waals surface area contributed by atoms with E-state index in [-0.39, 0.29) is 11.6 Å². The largest absolute Gasteiger partial charge is 0.496 e. The molecule has 0 amide bonds. The fourth-order valence-electron chi connectivity index (χ4n) is 3.78. The van der Waals surface area contributed by atoms with Crippen molar-refractivity contribution < 1.29 is 13.9 Å². The summed E-state index contributed by atoms with van der Waals surface area (Å²) in [6.45, 7) is 8.52. The number of pyridine rings is 1. The fourth-order valence-corrected chi connectivity index (χ4v) is 3.89. The minimum atomic E-state index is -0.509. The molecule has 2 aromatic carbocycles. The van der Waals surface area contributed by atoms with Gasteiger partial charge in [-0.25, -0.2) is 4.39 Å². The summed E-state index contributed by atoms with van der Waals surface area (Å²) in [5, 5.41) is 0.0688. The lowest BCUT2D eigenvalue weighted by Gasteiger charge is -2.20. The predicted octanol–water partition coefficient (Wildman–Crippen LogP) is 6.87. The van der Waals surface area contributed by atoms with Gasteiger partial charge in [0.15, 0.2) is 0 Å². The van der Waals surface area contributed by atoms with Gasteiger partial charge in [0.05, 0.1) is 23.4 Å². The molecule has 3 rings (SSSR count). The molecule has 0 aliphatic carbocycles. The molecule has 1 aromatic heterocycles. The highest BCUT2D eigenvalue weighted by Gasteiger charge is 2.20. The normalized spacial score (nSPS) is 10.9. The maximum atomic E-state index is 13.7. The zero-order valence-electron chi connectivity index (χ0n) is 18.1. The van der Waals surface area contributed by atoms with Gasteiger partial charge >= 0.3 is 0 Å². The van der Waals surface area contributed by atoms with E-state index in [4.69, 9.17) is 26.1 Å². The van der Waals surface area contributed by atoms with Gasteiger partial charge in [0.25, 0.3) is 0 Å². The first-order valence-electron chi connectivity index (χ1n) is 10.1. The smallest absolute Gasteiger partial charge is 0.145 e. The van der Waals surface area contributed by atoms with E-state index in [1.165, 1.54) is 28.8 Å². The molecule has 0 atom stereocenters. The molecular weight excluding hydrogens is 401 g/mol. The van der Waals surface area contributed by atoms with Crippen LogP contribution in [0.1, 0.15) is 41.8 Å². The minimum Gasteiger partial charge on any atom is -0.496 e. The van der Waals surface area contributed by atoms with E-state index in [1.54, 1.807) is 13.2 Å². The Morgan fingerprint density at radius 3 is 2.27 bits per heavy atom. The SMILES string of the molecule is CCc1cccc(CC)c1-c1nc(C)c(COc2ccc(Cl)c(F)c2)c(OC)c1C. The van der Waals surface area contributed by atoms with Crippen LogP contribution in [0.25, 0.3) is 11.3 Å². The summed E-state index contributed by atoms with van der Waals surface area (Å²) in [5.74, 6) is 0.648. The molecule has 0 unspecified atom stereocenters.